The summed E-state index contributed by atoms with van der Waals surface area (Å²) in [5, 5.41) is 9.99. The Labute approximate surface area is 93.4 Å². The van der Waals surface area contributed by atoms with E-state index in [2.05, 4.69) is 11.9 Å². The molecule has 1 N–H and O–H groups in total. The van der Waals surface area contributed by atoms with Crippen LogP contribution in [0.15, 0.2) is 0 Å². The van der Waals surface area contributed by atoms with E-state index in [1.165, 1.54) is 25.7 Å². The lowest BCUT2D eigenvalue weighted by Gasteiger charge is -2.24. The molecule has 0 radical (unpaired) electrons. The number of hydrogen-bond donors (Lipinski definition) is 1. The molecule has 0 saturated heterocycles. The summed E-state index contributed by atoms with van der Waals surface area (Å²) in [4.78, 5) is 2.17. The Hall–Kier alpha value is -0.120. The molecule has 1 saturated carbocycles. The summed E-state index contributed by atoms with van der Waals surface area (Å²) >= 11 is 0. The van der Waals surface area contributed by atoms with E-state index in [0.29, 0.717) is 5.92 Å². The number of rotatable bonds is 7. The number of nitrogens with zero attached hydrogens (tertiary/aromatic N) is 1. The fourth-order valence-corrected chi connectivity index (χ4v) is 2.27. The molecular formula is C12H25NO2. The number of aliphatic hydroxyl groups excluding tert-OH is 1. The van der Waals surface area contributed by atoms with Crippen molar-refractivity contribution in [2.45, 2.75) is 38.7 Å². The Kier molecular flexibility index (Phi) is 6.22. The Morgan fingerprint density at radius 2 is 2.07 bits per heavy atom. The highest BCUT2D eigenvalue weighted by molar-refractivity contribution is 4.76. The van der Waals surface area contributed by atoms with Gasteiger partial charge in [-0.3, -0.25) is 0 Å². The molecule has 0 aromatic heterocycles. The zero-order valence-corrected chi connectivity index (χ0v) is 10.1. The first-order valence-corrected chi connectivity index (χ1v) is 6.18. The second-order valence-corrected chi connectivity index (χ2v) is 4.57. The first-order valence-electron chi connectivity index (χ1n) is 6.18. The molecule has 3 heteroatoms. The lowest BCUT2D eigenvalue weighted by molar-refractivity contribution is 0.0588. The van der Waals surface area contributed by atoms with Gasteiger partial charge in [0.1, 0.15) is 0 Å². The predicted octanol–water partition coefficient (Wildman–Crippen LogP) is 1.51. The van der Waals surface area contributed by atoms with Crippen LogP contribution in [0, 0.1) is 5.92 Å². The molecule has 1 aliphatic carbocycles. The van der Waals surface area contributed by atoms with E-state index < -0.39 is 0 Å². The van der Waals surface area contributed by atoms with Crippen LogP contribution in [0.3, 0.4) is 0 Å². The number of likely N-dealkylation sites (N-methyl/N-ethyl adjacent to an activating group) is 1. The average Bonchev–Trinajstić information content (AvgIpc) is 2.70. The molecule has 0 bridgehead atoms. The largest absolute Gasteiger partial charge is 0.392 e. The van der Waals surface area contributed by atoms with Crippen LogP contribution in [-0.4, -0.2) is 49.5 Å². The third-order valence-electron chi connectivity index (χ3n) is 3.26. The maximum atomic E-state index is 9.99. The van der Waals surface area contributed by atoms with Crippen LogP contribution in [0.25, 0.3) is 0 Å². The fraction of sp³-hybridized carbons (Fsp3) is 1.00. The molecule has 0 aromatic carbocycles. The van der Waals surface area contributed by atoms with Gasteiger partial charge in [-0.25, -0.2) is 0 Å². The molecule has 1 fully saturated rings. The summed E-state index contributed by atoms with van der Waals surface area (Å²) in [6.07, 6.45) is 4.87. The monoisotopic (exact) mass is 215 g/mol. The number of hydrogen-bond acceptors (Lipinski definition) is 3. The molecule has 1 atom stereocenters. The third kappa shape index (κ3) is 4.96. The van der Waals surface area contributed by atoms with E-state index in [0.717, 1.165) is 26.3 Å². The normalized spacial score (nSPS) is 20.0. The second kappa shape index (κ2) is 7.20. The van der Waals surface area contributed by atoms with Crippen molar-refractivity contribution in [3.63, 3.8) is 0 Å². The second-order valence-electron chi connectivity index (χ2n) is 4.57. The van der Waals surface area contributed by atoms with Gasteiger partial charge in [0, 0.05) is 19.7 Å². The first kappa shape index (κ1) is 12.9. The van der Waals surface area contributed by atoms with Crippen molar-refractivity contribution in [3.8, 4) is 0 Å². The first-order chi connectivity index (χ1) is 7.24. The van der Waals surface area contributed by atoms with E-state index in [4.69, 9.17) is 4.74 Å². The molecular weight excluding hydrogens is 190 g/mol. The molecule has 1 aliphatic rings. The lowest BCUT2D eigenvalue weighted by Crippen LogP contribution is -2.35. The van der Waals surface area contributed by atoms with E-state index in [1.54, 1.807) is 0 Å². The molecule has 1 unspecified atom stereocenters. The highest BCUT2D eigenvalue weighted by Crippen LogP contribution is 2.27. The number of aliphatic hydroxyl groups is 1. The van der Waals surface area contributed by atoms with Crippen LogP contribution in [0.1, 0.15) is 32.6 Å². The third-order valence-corrected chi connectivity index (χ3v) is 3.26. The van der Waals surface area contributed by atoms with Gasteiger partial charge >= 0.3 is 0 Å². The smallest absolute Gasteiger partial charge is 0.0695 e. The minimum atomic E-state index is -0.140. The Morgan fingerprint density at radius 1 is 1.40 bits per heavy atom. The van der Waals surface area contributed by atoms with Crippen molar-refractivity contribution >= 4 is 0 Å². The van der Waals surface area contributed by atoms with Crippen molar-refractivity contribution in [1.29, 1.82) is 0 Å². The summed E-state index contributed by atoms with van der Waals surface area (Å²) in [5.74, 6) is 0.541. The van der Waals surface area contributed by atoms with Gasteiger partial charge in [0.15, 0.2) is 0 Å². The van der Waals surface area contributed by atoms with Crippen LogP contribution >= 0.6 is 0 Å². The van der Waals surface area contributed by atoms with Crippen molar-refractivity contribution in [2.24, 2.45) is 5.92 Å². The summed E-state index contributed by atoms with van der Waals surface area (Å²) in [6, 6.07) is 0. The average molecular weight is 215 g/mol. The summed E-state index contributed by atoms with van der Waals surface area (Å²) in [5.41, 5.74) is 0. The Morgan fingerprint density at radius 3 is 2.67 bits per heavy atom. The van der Waals surface area contributed by atoms with E-state index in [-0.39, 0.29) is 6.10 Å². The summed E-state index contributed by atoms with van der Waals surface area (Å²) < 4.78 is 5.29. The van der Waals surface area contributed by atoms with E-state index in [1.807, 2.05) is 6.92 Å². The minimum Gasteiger partial charge on any atom is -0.392 e. The zero-order valence-electron chi connectivity index (χ0n) is 10.1. The molecule has 0 heterocycles. The van der Waals surface area contributed by atoms with Crippen LogP contribution in [0.5, 0.6) is 0 Å². The van der Waals surface area contributed by atoms with Crippen molar-refractivity contribution in [2.75, 3.05) is 33.4 Å². The van der Waals surface area contributed by atoms with Crippen LogP contribution < -0.4 is 0 Å². The van der Waals surface area contributed by atoms with E-state index >= 15 is 0 Å². The van der Waals surface area contributed by atoms with Crippen LogP contribution in [-0.2, 0) is 4.74 Å². The molecule has 3 nitrogen and oxygen atoms in total. The molecule has 0 amide bonds. The highest BCUT2D eigenvalue weighted by Gasteiger charge is 2.23. The maximum Gasteiger partial charge on any atom is 0.0695 e. The van der Waals surface area contributed by atoms with Crippen molar-refractivity contribution in [3.05, 3.63) is 0 Å². The van der Waals surface area contributed by atoms with Gasteiger partial charge in [-0.15, -0.1) is 0 Å². The minimum absolute atomic E-state index is 0.140. The van der Waals surface area contributed by atoms with Gasteiger partial charge < -0.3 is 14.7 Å². The van der Waals surface area contributed by atoms with Gasteiger partial charge in [-0.1, -0.05) is 12.8 Å². The molecule has 0 aliphatic heterocycles. The molecule has 1 rings (SSSR count). The Bertz CT molecular complexity index is 158. The molecule has 0 spiro atoms. The SMILES string of the molecule is CCOCCN(C)CC(O)C1CCCC1. The van der Waals surface area contributed by atoms with Crippen LogP contribution in [0.2, 0.25) is 0 Å². The van der Waals surface area contributed by atoms with E-state index in [9.17, 15) is 5.11 Å². The van der Waals surface area contributed by atoms with Gasteiger partial charge in [0.2, 0.25) is 0 Å². The maximum absolute atomic E-state index is 9.99. The fourth-order valence-electron chi connectivity index (χ4n) is 2.27. The molecule has 15 heavy (non-hydrogen) atoms. The van der Waals surface area contributed by atoms with Crippen molar-refractivity contribution in [1.82, 2.24) is 4.90 Å². The molecule has 90 valence electrons. The Balaban J connectivity index is 2.10. The highest BCUT2D eigenvalue weighted by atomic mass is 16.5. The standard InChI is InChI=1S/C12H25NO2/c1-3-15-9-8-13(2)10-12(14)11-6-4-5-7-11/h11-12,14H,3-10H2,1-2H3. The lowest BCUT2D eigenvalue weighted by atomic mass is 10.0. The predicted molar refractivity (Wildman–Crippen MR) is 62.0 cm³/mol. The topological polar surface area (TPSA) is 32.7 Å². The number of ether oxygens (including phenoxy) is 1. The van der Waals surface area contributed by atoms with Gasteiger partial charge in [-0.2, -0.15) is 0 Å². The van der Waals surface area contributed by atoms with Gasteiger partial charge in [0.25, 0.3) is 0 Å². The summed E-state index contributed by atoms with van der Waals surface area (Å²) in [7, 11) is 2.05. The van der Waals surface area contributed by atoms with Crippen LogP contribution in [0.4, 0.5) is 0 Å². The summed E-state index contributed by atoms with van der Waals surface area (Å²) in [6.45, 7) is 5.26. The zero-order chi connectivity index (χ0) is 11.1. The van der Waals surface area contributed by atoms with Crippen molar-refractivity contribution < 1.29 is 9.84 Å². The van der Waals surface area contributed by atoms with Gasteiger partial charge in [0.05, 0.1) is 12.7 Å². The quantitative estimate of drug-likeness (QED) is 0.653. The van der Waals surface area contributed by atoms with Gasteiger partial charge in [-0.05, 0) is 32.7 Å². The molecule has 0 aromatic rings.